The van der Waals surface area contributed by atoms with Gasteiger partial charge >= 0.3 is 0 Å². The maximum atomic E-state index is 12.9. The van der Waals surface area contributed by atoms with Gasteiger partial charge in [-0.2, -0.15) is 5.10 Å². The van der Waals surface area contributed by atoms with Crippen molar-refractivity contribution in [2.24, 2.45) is 0 Å². The van der Waals surface area contributed by atoms with Gasteiger partial charge in [0.25, 0.3) is 11.2 Å². The molecule has 0 aliphatic carbocycles. The number of rotatable bonds is 4. The normalized spacial score (nSPS) is 11.1. The van der Waals surface area contributed by atoms with Gasteiger partial charge in [-0.05, 0) is 24.6 Å². The van der Waals surface area contributed by atoms with Gasteiger partial charge in [0.05, 0.1) is 21.2 Å². The fraction of sp³-hybridized carbons (Fsp3) is 0.105. The minimum absolute atomic E-state index is 0.00325. The van der Waals surface area contributed by atoms with Crippen LogP contribution in [-0.4, -0.2) is 19.7 Å². The van der Waals surface area contributed by atoms with Gasteiger partial charge in [-0.1, -0.05) is 35.9 Å². The van der Waals surface area contributed by atoms with Crippen molar-refractivity contribution < 1.29 is 4.92 Å². The monoisotopic (exact) mass is 412 g/mol. The molecule has 0 unspecified atom stereocenters. The van der Waals surface area contributed by atoms with Crippen LogP contribution in [0.3, 0.4) is 0 Å². The molecule has 0 fully saturated rings. The molecule has 4 aromatic rings. The number of halogens is 1. The molecule has 2 aromatic heterocycles. The summed E-state index contributed by atoms with van der Waals surface area (Å²) < 4.78 is 2.07. The highest BCUT2D eigenvalue weighted by Crippen LogP contribution is 2.30. The number of non-ortho nitro benzene ring substituents is 1. The Morgan fingerprint density at radius 1 is 1.14 bits per heavy atom. The SMILES string of the molecule is Cc1nc2c(=O)n(Cc3ccc([N+](=O)[O-])cc3)nc(-c3ccc(Cl)cc3)c2s1. The standard InChI is InChI=1S/C19H13ClN4O3S/c1-11-21-17-18(28-11)16(13-4-6-14(20)7-5-13)22-23(19(17)25)10-12-2-8-15(9-3-12)24(26)27/h2-9H,10H2,1H3. The third-order valence-corrected chi connectivity index (χ3v) is 5.43. The molecule has 4 rings (SSSR count). The molecule has 0 bridgehead atoms. The Kier molecular flexibility index (Phi) is 4.66. The van der Waals surface area contributed by atoms with Crippen molar-refractivity contribution in [1.82, 2.24) is 14.8 Å². The lowest BCUT2D eigenvalue weighted by atomic mass is 10.1. The molecule has 0 aliphatic heterocycles. The molecule has 0 spiro atoms. The first-order chi connectivity index (χ1) is 13.4. The van der Waals surface area contributed by atoms with E-state index in [0.717, 1.165) is 20.8 Å². The number of hydrogen-bond acceptors (Lipinski definition) is 6. The van der Waals surface area contributed by atoms with Crippen LogP contribution >= 0.6 is 22.9 Å². The Hall–Kier alpha value is -3.10. The zero-order valence-electron chi connectivity index (χ0n) is 14.6. The van der Waals surface area contributed by atoms with Gasteiger partial charge in [-0.25, -0.2) is 9.67 Å². The lowest BCUT2D eigenvalue weighted by Gasteiger charge is -2.09. The van der Waals surface area contributed by atoms with E-state index in [-0.39, 0.29) is 17.8 Å². The number of nitro benzene ring substituents is 1. The average molecular weight is 413 g/mol. The van der Waals surface area contributed by atoms with E-state index in [2.05, 4.69) is 10.1 Å². The average Bonchev–Trinajstić information content (AvgIpc) is 3.07. The molecule has 0 aliphatic rings. The van der Waals surface area contributed by atoms with E-state index in [0.29, 0.717) is 16.2 Å². The van der Waals surface area contributed by atoms with Crippen LogP contribution in [-0.2, 0) is 6.54 Å². The molecule has 140 valence electrons. The molecule has 9 heteroatoms. The first-order valence-electron chi connectivity index (χ1n) is 8.30. The third-order valence-electron chi connectivity index (χ3n) is 4.20. The molecule has 0 amide bonds. The molecule has 0 radical (unpaired) electrons. The topological polar surface area (TPSA) is 90.9 Å². The van der Waals surface area contributed by atoms with E-state index in [9.17, 15) is 14.9 Å². The Labute approximate surface area is 168 Å². The van der Waals surface area contributed by atoms with Crippen LogP contribution in [0.25, 0.3) is 21.5 Å². The minimum Gasteiger partial charge on any atom is -0.265 e. The molecule has 7 nitrogen and oxygen atoms in total. The second-order valence-corrected chi connectivity index (χ2v) is 7.79. The van der Waals surface area contributed by atoms with Gasteiger partial charge < -0.3 is 0 Å². The number of nitrogens with zero attached hydrogens (tertiary/aromatic N) is 4. The molecule has 2 heterocycles. The van der Waals surface area contributed by atoms with Gasteiger partial charge in [-0.3, -0.25) is 14.9 Å². The van der Waals surface area contributed by atoms with E-state index < -0.39 is 4.92 Å². The van der Waals surface area contributed by atoms with Gasteiger partial charge in [0, 0.05) is 22.7 Å². The first-order valence-corrected chi connectivity index (χ1v) is 9.49. The maximum Gasteiger partial charge on any atom is 0.294 e. The molecule has 2 aromatic carbocycles. The minimum atomic E-state index is -0.461. The quantitative estimate of drug-likeness (QED) is 0.365. The summed E-state index contributed by atoms with van der Waals surface area (Å²) in [5.74, 6) is 0. The number of benzene rings is 2. The molecular weight excluding hydrogens is 400 g/mol. The summed E-state index contributed by atoms with van der Waals surface area (Å²) in [7, 11) is 0. The fourth-order valence-corrected chi connectivity index (χ4v) is 3.91. The van der Waals surface area contributed by atoms with Crippen LogP contribution in [0.4, 0.5) is 5.69 Å². The number of aromatic nitrogens is 3. The van der Waals surface area contributed by atoms with Crippen molar-refractivity contribution in [3.05, 3.63) is 84.6 Å². The van der Waals surface area contributed by atoms with Crippen LogP contribution in [0.15, 0.2) is 53.3 Å². The van der Waals surface area contributed by atoms with Crippen molar-refractivity contribution >= 4 is 38.8 Å². The van der Waals surface area contributed by atoms with Crippen LogP contribution < -0.4 is 5.56 Å². The summed E-state index contributed by atoms with van der Waals surface area (Å²) in [5, 5.41) is 16.8. The molecule has 0 atom stereocenters. The lowest BCUT2D eigenvalue weighted by molar-refractivity contribution is -0.384. The highest BCUT2D eigenvalue weighted by atomic mass is 35.5. The summed E-state index contributed by atoms with van der Waals surface area (Å²) in [5.41, 5.74) is 2.28. The van der Waals surface area contributed by atoms with Crippen LogP contribution in [0.5, 0.6) is 0 Å². The van der Waals surface area contributed by atoms with Crippen LogP contribution in [0.2, 0.25) is 5.02 Å². The Bertz CT molecular complexity index is 1250. The summed E-state index contributed by atoms with van der Waals surface area (Å²) in [6.45, 7) is 2.03. The summed E-state index contributed by atoms with van der Waals surface area (Å²) >= 11 is 7.40. The maximum absolute atomic E-state index is 12.9. The highest BCUT2D eigenvalue weighted by Gasteiger charge is 2.17. The molecule has 28 heavy (non-hydrogen) atoms. The summed E-state index contributed by atoms with van der Waals surface area (Å²) in [6, 6.07) is 13.3. The molecule has 0 saturated carbocycles. The predicted octanol–water partition coefficient (Wildman–Crippen LogP) is 4.44. The van der Waals surface area contributed by atoms with E-state index in [1.807, 2.05) is 19.1 Å². The Balaban J connectivity index is 1.84. The number of nitro groups is 1. The van der Waals surface area contributed by atoms with Crippen molar-refractivity contribution in [3.8, 4) is 11.3 Å². The van der Waals surface area contributed by atoms with E-state index in [4.69, 9.17) is 11.6 Å². The van der Waals surface area contributed by atoms with Crippen molar-refractivity contribution in [2.75, 3.05) is 0 Å². The zero-order valence-corrected chi connectivity index (χ0v) is 16.2. The van der Waals surface area contributed by atoms with Crippen LogP contribution in [0.1, 0.15) is 10.6 Å². The molecular formula is C19H13ClN4O3S. The Morgan fingerprint density at radius 2 is 1.82 bits per heavy atom. The number of thiazole rings is 1. The van der Waals surface area contributed by atoms with Crippen LogP contribution in [0, 0.1) is 17.0 Å². The zero-order chi connectivity index (χ0) is 19.8. The highest BCUT2D eigenvalue weighted by molar-refractivity contribution is 7.19. The number of fused-ring (bicyclic) bond motifs is 1. The van der Waals surface area contributed by atoms with Crippen molar-refractivity contribution in [3.63, 3.8) is 0 Å². The van der Waals surface area contributed by atoms with Crippen molar-refractivity contribution in [2.45, 2.75) is 13.5 Å². The third kappa shape index (κ3) is 3.39. The largest absolute Gasteiger partial charge is 0.294 e. The van der Waals surface area contributed by atoms with Gasteiger partial charge in [-0.15, -0.1) is 11.3 Å². The predicted molar refractivity (Wildman–Crippen MR) is 109 cm³/mol. The van der Waals surface area contributed by atoms with Gasteiger partial charge in [0.15, 0.2) is 5.52 Å². The van der Waals surface area contributed by atoms with Gasteiger partial charge in [0.1, 0.15) is 5.69 Å². The van der Waals surface area contributed by atoms with E-state index >= 15 is 0 Å². The number of hydrogen-bond donors (Lipinski definition) is 0. The smallest absolute Gasteiger partial charge is 0.265 e. The summed E-state index contributed by atoms with van der Waals surface area (Å²) in [4.78, 5) is 27.6. The van der Waals surface area contributed by atoms with E-state index in [1.165, 1.54) is 28.2 Å². The fourth-order valence-electron chi connectivity index (χ4n) is 2.87. The molecule has 0 saturated heterocycles. The Morgan fingerprint density at radius 3 is 2.46 bits per heavy atom. The molecule has 0 N–H and O–H groups in total. The van der Waals surface area contributed by atoms with Gasteiger partial charge in [0.2, 0.25) is 0 Å². The summed E-state index contributed by atoms with van der Waals surface area (Å²) in [6.07, 6.45) is 0. The second-order valence-electron chi connectivity index (χ2n) is 6.15. The first kappa shape index (κ1) is 18.3. The lowest BCUT2D eigenvalue weighted by Crippen LogP contribution is -2.24. The number of aryl methyl sites for hydroxylation is 1. The van der Waals surface area contributed by atoms with Crippen molar-refractivity contribution in [1.29, 1.82) is 0 Å². The van der Waals surface area contributed by atoms with E-state index in [1.54, 1.807) is 24.3 Å². The second kappa shape index (κ2) is 7.14.